The molecule has 2 rings (SSSR count). The summed E-state index contributed by atoms with van der Waals surface area (Å²) < 4.78 is 26.3. The van der Waals surface area contributed by atoms with Crippen molar-refractivity contribution in [2.45, 2.75) is 32.6 Å². The van der Waals surface area contributed by atoms with Crippen LogP contribution in [0.2, 0.25) is 0 Å². The van der Waals surface area contributed by atoms with E-state index >= 15 is 0 Å². The molecule has 0 spiro atoms. The molecule has 2 aromatic carbocycles. The number of sulfonamides is 1. The van der Waals surface area contributed by atoms with Gasteiger partial charge in [-0.3, -0.25) is 4.79 Å². The molecule has 0 unspecified atom stereocenters. The smallest absolute Gasteiger partial charge is 0.233 e. The van der Waals surface area contributed by atoms with E-state index in [2.05, 4.69) is 30.8 Å². The number of benzene rings is 2. The van der Waals surface area contributed by atoms with E-state index < -0.39 is 10.0 Å². The van der Waals surface area contributed by atoms with Gasteiger partial charge in [-0.05, 0) is 34.8 Å². The summed E-state index contributed by atoms with van der Waals surface area (Å²) in [7, 11) is -3.58. The van der Waals surface area contributed by atoms with Crippen molar-refractivity contribution in [1.29, 1.82) is 0 Å². The normalized spacial score (nSPS) is 12.3. The minimum Gasteiger partial charge on any atom is -0.326 e. The van der Waals surface area contributed by atoms with Gasteiger partial charge in [0.25, 0.3) is 0 Å². The molecule has 0 heterocycles. The van der Waals surface area contributed by atoms with Crippen molar-refractivity contribution in [3.8, 4) is 0 Å². The number of hydrogen-bond donors (Lipinski definition) is 2. The zero-order chi connectivity index (χ0) is 19.9. The quantitative estimate of drug-likeness (QED) is 0.758. The van der Waals surface area contributed by atoms with Crippen LogP contribution in [0.15, 0.2) is 60.0 Å². The molecular weight excluding hydrogens is 360 g/mol. The van der Waals surface area contributed by atoms with Gasteiger partial charge in [-0.15, -0.1) is 0 Å². The van der Waals surface area contributed by atoms with E-state index in [1.54, 1.807) is 0 Å². The van der Waals surface area contributed by atoms with E-state index in [-0.39, 0.29) is 24.3 Å². The first kappa shape index (κ1) is 20.9. The van der Waals surface area contributed by atoms with Crippen LogP contribution in [0.3, 0.4) is 0 Å². The number of carbonyl (C=O) groups is 1. The van der Waals surface area contributed by atoms with Crippen LogP contribution in [0.4, 0.5) is 5.69 Å². The summed E-state index contributed by atoms with van der Waals surface area (Å²) in [6.07, 6.45) is 1.57. The maximum atomic E-state index is 12.0. The van der Waals surface area contributed by atoms with Crippen molar-refractivity contribution in [1.82, 2.24) is 4.72 Å². The van der Waals surface area contributed by atoms with Crippen molar-refractivity contribution in [3.63, 3.8) is 0 Å². The molecule has 0 bridgehead atoms. The molecule has 0 aliphatic rings. The van der Waals surface area contributed by atoms with Crippen LogP contribution in [-0.2, 0) is 20.2 Å². The molecule has 0 saturated heterocycles. The molecule has 6 heteroatoms. The Balaban J connectivity index is 1.80. The van der Waals surface area contributed by atoms with Crippen molar-refractivity contribution >= 4 is 27.7 Å². The highest BCUT2D eigenvalue weighted by Crippen LogP contribution is 2.23. The molecule has 0 aliphatic heterocycles. The third-order valence-corrected chi connectivity index (χ3v) is 5.03. The van der Waals surface area contributed by atoms with E-state index in [4.69, 9.17) is 0 Å². The Morgan fingerprint density at radius 1 is 1.00 bits per heavy atom. The lowest BCUT2D eigenvalue weighted by Gasteiger charge is -2.19. The average molecular weight is 387 g/mol. The number of carbonyl (C=O) groups excluding carboxylic acids is 1. The molecule has 0 atom stereocenters. The van der Waals surface area contributed by atoms with Crippen LogP contribution in [-0.4, -0.2) is 20.9 Å². The molecule has 0 aliphatic carbocycles. The second-order valence-corrected chi connectivity index (χ2v) is 8.93. The number of amides is 1. The second kappa shape index (κ2) is 8.97. The third-order valence-electron chi connectivity index (χ3n) is 3.93. The lowest BCUT2D eigenvalue weighted by molar-refractivity contribution is -0.116. The summed E-state index contributed by atoms with van der Waals surface area (Å²) in [6, 6.07) is 16.8. The highest BCUT2D eigenvalue weighted by atomic mass is 32.2. The van der Waals surface area contributed by atoms with E-state index in [1.807, 2.05) is 54.6 Å². The minimum atomic E-state index is -3.58. The summed E-state index contributed by atoms with van der Waals surface area (Å²) in [6.45, 7) is 6.41. The van der Waals surface area contributed by atoms with E-state index in [0.717, 1.165) is 11.0 Å². The number of nitrogens with one attached hydrogen (secondary N) is 2. The Hall–Kier alpha value is -2.44. The van der Waals surface area contributed by atoms with Crippen molar-refractivity contribution in [2.75, 3.05) is 11.9 Å². The fourth-order valence-corrected chi connectivity index (χ4v) is 3.18. The van der Waals surface area contributed by atoms with Crippen LogP contribution in [0.5, 0.6) is 0 Å². The molecule has 2 aromatic rings. The summed E-state index contributed by atoms with van der Waals surface area (Å²) >= 11 is 0. The van der Waals surface area contributed by atoms with Crippen molar-refractivity contribution in [2.24, 2.45) is 0 Å². The molecule has 0 saturated carbocycles. The van der Waals surface area contributed by atoms with Gasteiger partial charge in [0.2, 0.25) is 15.9 Å². The molecule has 2 N–H and O–H groups in total. The lowest BCUT2D eigenvalue weighted by Crippen LogP contribution is -2.26. The zero-order valence-electron chi connectivity index (χ0n) is 15.9. The summed E-state index contributed by atoms with van der Waals surface area (Å²) in [5.74, 6) is -0.242. The molecule has 144 valence electrons. The predicted octanol–water partition coefficient (Wildman–Crippen LogP) is 3.90. The maximum absolute atomic E-state index is 12.0. The SMILES string of the molecule is CC(C)(C)c1ccc(NC(=O)CCNS(=O)(=O)C=Cc2ccccc2)cc1. The van der Waals surface area contributed by atoms with Gasteiger partial charge in [0, 0.05) is 24.1 Å². The molecule has 0 aromatic heterocycles. The van der Waals surface area contributed by atoms with E-state index in [9.17, 15) is 13.2 Å². The summed E-state index contributed by atoms with van der Waals surface area (Å²) in [4.78, 5) is 12.0. The highest BCUT2D eigenvalue weighted by Gasteiger charge is 2.13. The number of hydrogen-bond acceptors (Lipinski definition) is 3. The topological polar surface area (TPSA) is 75.3 Å². The Kier molecular flexibility index (Phi) is 6.93. The average Bonchev–Trinajstić information content (AvgIpc) is 2.60. The fraction of sp³-hybridized carbons (Fsp3) is 0.286. The first-order valence-corrected chi connectivity index (χ1v) is 10.3. The predicted molar refractivity (Wildman–Crippen MR) is 111 cm³/mol. The van der Waals surface area contributed by atoms with Gasteiger partial charge < -0.3 is 5.32 Å². The third kappa shape index (κ3) is 7.37. The first-order chi connectivity index (χ1) is 12.7. The largest absolute Gasteiger partial charge is 0.326 e. The van der Waals surface area contributed by atoms with Gasteiger partial charge in [0.15, 0.2) is 0 Å². The van der Waals surface area contributed by atoms with Crippen LogP contribution in [0, 0.1) is 0 Å². The molecular formula is C21H26N2O3S. The van der Waals surface area contributed by atoms with Crippen LogP contribution in [0.1, 0.15) is 38.3 Å². The van der Waals surface area contributed by atoms with Crippen molar-refractivity contribution in [3.05, 3.63) is 71.1 Å². The molecule has 0 radical (unpaired) electrons. The first-order valence-electron chi connectivity index (χ1n) is 8.79. The van der Waals surface area contributed by atoms with Gasteiger partial charge in [-0.25, -0.2) is 13.1 Å². The molecule has 0 fully saturated rings. The number of rotatable bonds is 7. The lowest BCUT2D eigenvalue weighted by atomic mass is 9.87. The Labute approximate surface area is 161 Å². The van der Waals surface area contributed by atoms with E-state index in [0.29, 0.717) is 5.69 Å². The monoisotopic (exact) mass is 386 g/mol. The Morgan fingerprint density at radius 2 is 1.63 bits per heavy atom. The molecule has 5 nitrogen and oxygen atoms in total. The minimum absolute atomic E-state index is 0.0351. The van der Waals surface area contributed by atoms with Crippen LogP contribution < -0.4 is 10.0 Å². The van der Waals surface area contributed by atoms with Crippen molar-refractivity contribution < 1.29 is 13.2 Å². The van der Waals surface area contributed by atoms with Crippen LogP contribution >= 0.6 is 0 Å². The van der Waals surface area contributed by atoms with Gasteiger partial charge in [-0.1, -0.05) is 63.2 Å². The van der Waals surface area contributed by atoms with Gasteiger partial charge >= 0.3 is 0 Å². The fourth-order valence-electron chi connectivity index (χ4n) is 2.36. The van der Waals surface area contributed by atoms with E-state index in [1.165, 1.54) is 11.6 Å². The number of anilines is 1. The van der Waals surface area contributed by atoms with Gasteiger partial charge in [0.1, 0.15) is 0 Å². The summed E-state index contributed by atoms with van der Waals surface area (Å²) in [5.41, 5.74) is 2.71. The summed E-state index contributed by atoms with van der Waals surface area (Å²) in [5, 5.41) is 3.88. The zero-order valence-corrected chi connectivity index (χ0v) is 16.7. The van der Waals surface area contributed by atoms with Gasteiger partial charge in [0.05, 0.1) is 0 Å². The van der Waals surface area contributed by atoms with Crippen LogP contribution in [0.25, 0.3) is 6.08 Å². The Bertz CT molecular complexity index is 881. The van der Waals surface area contributed by atoms with Gasteiger partial charge in [-0.2, -0.15) is 0 Å². The standard InChI is InChI=1S/C21H26N2O3S/c1-21(2,3)18-9-11-19(12-10-18)23-20(24)13-15-22-27(25,26)16-14-17-7-5-4-6-8-17/h4-12,14,16,22H,13,15H2,1-3H3,(H,23,24). The Morgan fingerprint density at radius 3 is 2.22 bits per heavy atom. The second-order valence-electron chi connectivity index (χ2n) is 7.28. The molecule has 27 heavy (non-hydrogen) atoms. The highest BCUT2D eigenvalue weighted by molar-refractivity contribution is 7.92. The molecule has 1 amide bonds. The maximum Gasteiger partial charge on any atom is 0.233 e.